The van der Waals surface area contributed by atoms with Crippen molar-refractivity contribution in [3.05, 3.63) is 29.8 Å². The first-order chi connectivity index (χ1) is 8.83. The van der Waals surface area contributed by atoms with Gasteiger partial charge < -0.3 is 15.4 Å². The summed E-state index contributed by atoms with van der Waals surface area (Å²) < 4.78 is 5.44. The highest BCUT2D eigenvalue weighted by molar-refractivity contribution is 5.56. The molecule has 0 saturated carbocycles. The predicted molar refractivity (Wildman–Crippen MR) is 73.9 cm³/mol. The zero-order chi connectivity index (χ0) is 12.4. The molecule has 3 rings (SSSR count). The van der Waals surface area contributed by atoms with E-state index in [-0.39, 0.29) is 6.04 Å². The highest BCUT2D eigenvalue weighted by Gasteiger charge is 2.24. The number of rotatable bonds is 2. The molecule has 0 amide bonds. The van der Waals surface area contributed by atoms with Crippen molar-refractivity contribution in [3.63, 3.8) is 0 Å². The van der Waals surface area contributed by atoms with Crippen LogP contribution in [0.25, 0.3) is 0 Å². The maximum Gasteiger partial charge on any atom is 0.0469 e. The van der Waals surface area contributed by atoms with Crippen LogP contribution in [0.5, 0.6) is 0 Å². The number of hydrogen-bond donors (Lipinski definition) is 1. The molecule has 18 heavy (non-hydrogen) atoms. The van der Waals surface area contributed by atoms with Crippen molar-refractivity contribution >= 4 is 5.69 Å². The molecule has 2 aliphatic rings. The smallest absolute Gasteiger partial charge is 0.0469 e. The Morgan fingerprint density at radius 1 is 1.22 bits per heavy atom. The molecule has 3 heteroatoms. The molecule has 0 radical (unpaired) electrons. The molecular weight excluding hydrogens is 224 g/mol. The van der Waals surface area contributed by atoms with Gasteiger partial charge in [-0.25, -0.2) is 0 Å². The summed E-state index contributed by atoms with van der Waals surface area (Å²) in [5.41, 5.74) is 8.98. The summed E-state index contributed by atoms with van der Waals surface area (Å²) in [6.07, 6.45) is 3.39. The molecule has 98 valence electrons. The molecule has 0 spiro atoms. The summed E-state index contributed by atoms with van der Waals surface area (Å²) >= 11 is 0. The first-order valence-electron chi connectivity index (χ1n) is 6.99. The molecule has 0 aliphatic carbocycles. The average molecular weight is 246 g/mol. The number of fused-ring (bicyclic) bond motifs is 1. The molecular formula is C15H22N2O. The number of anilines is 1. The van der Waals surface area contributed by atoms with Gasteiger partial charge in [-0.3, -0.25) is 0 Å². The average Bonchev–Trinajstić information content (AvgIpc) is 2.40. The number of nitrogens with two attached hydrogens (primary N) is 1. The Kier molecular flexibility index (Phi) is 3.52. The topological polar surface area (TPSA) is 38.5 Å². The Hall–Kier alpha value is -1.06. The van der Waals surface area contributed by atoms with Crippen molar-refractivity contribution in [2.75, 3.05) is 31.2 Å². The second-order valence-electron chi connectivity index (χ2n) is 5.55. The van der Waals surface area contributed by atoms with Crippen LogP contribution in [0.15, 0.2) is 24.3 Å². The van der Waals surface area contributed by atoms with Crippen LogP contribution >= 0.6 is 0 Å². The standard InChI is InChI=1S/C15H22N2O/c16-14-9-13-3-1-2-4-15(13)17(11-14)10-12-5-7-18-8-6-12/h1-4,12,14H,5-11,16H2. The Balaban J connectivity index is 1.75. The van der Waals surface area contributed by atoms with Crippen molar-refractivity contribution in [1.29, 1.82) is 0 Å². The van der Waals surface area contributed by atoms with E-state index in [1.807, 2.05) is 0 Å². The lowest BCUT2D eigenvalue weighted by molar-refractivity contribution is 0.0681. The Bertz CT molecular complexity index is 401. The van der Waals surface area contributed by atoms with E-state index in [2.05, 4.69) is 29.2 Å². The van der Waals surface area contributed by atoms with E-state index in [1.54, 1.807) is 0 Å². The highest BCUT2D eigenvalue weighted by Crippen LogP contribution is 2.28. The van der Waals surface area contributed by atoms with Gasteiger partial charge in [0.25, 0.3) is 0 Å². The molecule has 1 saturated heterocycles. The van der Waals surface area contributed by atoms with Gasteiger partial charge in [-0.05, 0) is 36.8 Å². The summed E-state index contributed by atoms with van der Waals surface area (Å²) in [6, 6.07) is 8.97. The molecule has 2 heterocycles. The van der Waals surface area contributed by atoms with Crippen molar-refractivity contribution in [2.45, 2.75) is 25.3 Å². The monoisotopic (exact) mass is 246 g/mol. The van der Waals surface area contributed by atoms with Gasteiger partial charge in [0, 0.05) is 38.0 Å². The van der Waals surface area contributed by atoms with Crippen molar-refractivity contribution < 1.29 is 4.74 Å². The summed E-state index contributed by atoms with van der Waals surface area (Å²) in [5.74, 6) is 0.761. The zero-order valence-corrected chi connectivity index (χ0v) is 10.8. The van der Waals surface area contributed by atoms with Gasteiger partial charge in [-0.1, -0.05) is 18.2 Å². The predicted octanol–water partition coefficient (Wildman–Crippen LogP) is 1.80. The van der Waals surface area contributed by atoms with Crippen molar-refractivity contribution in [1.82, 2.24) is 0 Å². The van der Waals surface area contributed by atoms with Crippen LogP contribution in [0.4, 0.5) is 5.69 Å². The van der Waals surface area contributed by atoms with E-state index >= 15 is 0 Å². The summed E-state index contributed by atoms with van der Waals surface area (Å²) in [6.45, 7) is 3.97. The first-order valence-corrected chi connectivity index (χ1v) is 6.99. The Morgan fingerprint density at radius 2 is 2.00 bits per heavy atom. The lowest BCUT2D eigenvalue weighted by Gasteiger charge is -2.37. The van der Waals surface area contributed by atoms with Crippen LogP contribution in [-0.2, 0) is 11.2 Å². The van der Waals surface area contributed by atoms with Gasteiger partial charge in [0.15, 0.2) is 0 Å². The van der Waals surface area contributed by atoms with Crippen LogP contribution in [0, 0.1) is 5.92 Å². The fourth-order valence-corrected chi connectivity index (χ4v) is 3.13. The molecule has 1 unspecified atom stereocenters. The van der Waals surface area contributed by atoms with E-state index in [0.717, 1.165) is 38.6 Å². The quantitative estimate of drug-likeness (QED) is 0.865. The maximum atomic E-state index is 6.18. The maximum absolute atomic E-state index is 6.18. The van der Waals surface area contributed by atoms with Gasteiger partial charge >= 0.3 is 0 Å². The van der Waals surface area contributed by atoms with Gasteiger partial charge in [0.1, 0.15) is 0 Å². The first kappa shape index (κ1) is 12.0. The van der Waals surface area contributed by atoms with E-state index < -0.39 is 0 Å². The summed E-state index contributed by atoms with van der Waals surface area (Å²) in [5, 5.41) is 0. The van der Waals surface area contributed by atoms with Crippen LogP contribution in [0.1, 0.15) is 18.4 Å². The summed E-state index contributed by atoms with van der Waals surface area (Å²) in [7, 11) is 0. The van der Waals surface area contributed by atoms with Crippen LogP contribution in [-0.4, -0.2) is 32.3 Å². The zero-order valence-electron chi connectivity index (χ0n) is 10.8. The van der Waals surface area contributed by atoms with Crippen LogP contribution in [0.3, 0.4) is 0 Å². The van der Waals surface area contributed by atoms with E-state index in [4.69, 9.17) is 10.5 Å². The van der Waals surface area contributed by atoms with Gasteiger partial charge in [0.05, 0.1) is 0 Å². The Labute approximate surface area is 109 Å². The number of benzene rings is 1. The number of hydrogen-bond acceptors (Lipinski definition) is 3. The summed E-state index contributed by atoms with van der Waals surface area (Å²) in [4.78, 5) is 2.49. The van der Waals surface area contributed by atoms with Crippen LogP contribution < -0.4 is 10.6 Å². The lowest BCUT2D eigenvalue weighted by atomic mass is 9.94. The molecule has 1 fully saturated rings. The minimum Gasteiger partial charge on any atom is -0.381 e. The molecule has 2 aliphatic heterocycles. The van der Waals surface area contributed by atoms with Crippen molar-refractivity contribution in [2.24, 2.45) is 11.7 Å². The molecule has 1 aromatic rings. The minimum absolute atomic E-state index is 0.278. The molecule has 3 nitrogen and oxygen atoms in total. The second kappa shape index (κ2) is 5.29. The lowest BCUT2D eigenvalue weighted by Crippen LogP contribution is -2.45. The number of ether oxygens (including phenoxy) is 1. The fourth-order valence-electron chi connectivity index (χ4n) is 3.13. The second-order valence-corrected chi connectivity index (χ2v) is 5.55. The van der Waals surface area contributed by atoms with E-state index in [0.29, 0.717) is 0 Å². The third kappa shape index (κ3) is 2.52. The minimum atomic E-state index is 0.278. The van der Waals surface area contributed by atoms with Gasteiger partial charge in [0.2, 0.25) is 0 Å². The third-order valence-corrected chi connectivity index (χ3v) is 4.09. The van der Waals surface area contributed by atoms with Crippen molar-refractivity contribution in [3.8, 4) is 0 Å². The molecule has 0 bridgehead atoms. The van der Waals surface area contributed by atoms with Crippen LogP contribution in [0.2, 0.25) is 0 Å². The van der Waals surface area contributed by atoms with Gasteiger partial charge in [-0.15, -0.1) is 0 Å². The van der Waals surface area contributed by atoms with Gasteiger partial charge in [-0.2, -0.15) is 0 Å². The number of para-hydroxylation sites is 1. The molecule has 1 aromatic carbocycles. The largest absolute Gasteiger partial charge is 0.381 e. The normalized spacial score (nSPS) is 24.9. The van der Waals surface area contributed by atoms with E-state index in [9.17, 15) is 0 Å². The fraction of sp³-hybridized carbons (Fsp3) is 0.600. The molecule has 2 N–H and O–H groups in total. The van der Waals surface area contributed by atoms with E-state index in [1.165, 1.54) is 24.1 Å². The number of nitrogens with zero attached hydrogens (tertiary/aromatic N) is 1. The molecule has 0 aromatic heterocycles. The Morgan fingerprint density at radius 3 is 2.83 bits per heavy atom. The third-order valence-electron chi connectivity index (χ3n) is 4.09. The SMILES string of the molecule is NC1Cc2ccccc2N(CC2CCOCC2)C1. The molecule has 1 atom stereocenters. The highest BCUT2D eigenvalue weighted by atomic mass is 16.5.